The van der Waals surface area contributed by atoms with Gasteiger partial charge in [-0.3, -0.25) is 24.6 Å². The van der Waals surface area contributed by atoms with Crippen LogP contribution >= 0.6 is 0 Å². The number of nitro benzene ring substituents is 1. The molecule has 11 heteroatoms. The number of nitrogens with one attached hydrogen (secondary N) is 2. The zero-order valence-electron chi connectivity index (χ0n) is 19.0. The van der Waals surface area contributed by atoms with E-state index in [-0.39, 0.29) is 11.4 Å². The molecule has 178 valence electrons. The van der Waals surface area contributed by atoms with Crippen molar-refractivity contribution in [1.82, 2.24) is 10.2 Å². The fraction of sp³-hybridized carbons (Fsp3) is 0.348. The topological polar surface area (TPSA) is 140 Å². The van der Waals surface area contributed by atoms with Crippen molar-refractivity contribution in [3.63, 3.8) is 0 Å². The molecule has 2 aliphatic rings. The van der Waals surface area contributed by atoms with Crippen LogP contribution in [0.15, 0.2) is 30.3 Å². The Labute approximate surface area is 195 Å². The van der Waals surface area contributed by atoms with E-state index in [1.165, 1.54) is 6.07 Å². The maximum absolute atomic E-state index is 13.2. The molecule has 2 aliphatic heterocycles. The number of imide groups is 1. The highest BCUT2D eigenvalue weighted by atomic mass is 16.6. The monoisotopic (exact) mass is 468 g/mol. The largest absolute Gasteiger partial charge is 0.490 e. The van der Waals surface area contributed by atoms with Crippen molar-refractivity contribution in [2.24, 2.45) is 0 Å². The first-order valence-corrected chi connectivity index (χ1v) is 10.7. The first-order valence-electron chi connectivity index (χ1n) is 10.7. The smallest absolute Gasteiger partial charge is 0.325 e. The molecule has 2 aromatic rings. The van der Waals surface area contributed by atoms with Crippen molar-refractivity contribution >= 4 is 29.2 Å². The molecule has 2 N–H and O–H groups in total. The molecule has 0 radical (unpaired) electrons. The maximum atomic E-state index is 13.2. The molecule has 0 bridgehead atoms. The normalized spacial score (nSPS) is 19.4. The Hall–Kier alpha value is -4.15. The highest BCUT2D eigenvalue weighted by molar-refractivity contribution is 6.10. The van der Waals surface area contributed by atoms with E-state index in [9.17, 15) is 24.5 Å². The summed E-state index contributed by atoms with van der Waals surface area (Å²) in [7, 11) is 0. The third-order valence-electron chi connectivity index (χ3n) is 6.08. The van der Waals surface area contributed by atoms with Gasteiger partial charge in [0.2, 0.25) is 5.91 Å². The average molecular weight is 468 g/mol. The SMILES string of the molecule is Cc1ccc([N+](=O)[O-])c(NC(=O)CN2C(=O)NC(C)(c3ccc4c(c3)OCCCO4)C2=O)c1C. The van der Waals surface area contributed by atoms with Crippen LogP contribution in [0.2, 0.25) is 0 Å². The number of fused-ring (bicyclic) bond motifs is 1. The zero-order valence-corrected chi connectivity index (χ0v) is 19.0. The van der Waals surface area contributed by atoms with Crippen LogP contribution in [-0.4, -0.2) is 47.4 Å². The van der Waals surface area contributed by atoms with Crippen molar-refractivity contribution in [2.75, 3.05) is 25.1 Å². The predicted octanol–water partition coefficient (Wildman–Crippen LogP) is 2.78. The van der Waals surface area contributed by atoms with Crippen LogP contribution in [0.5, 0.6) is 11.5 Å². The molecule has 1 unspecified atom stereocenters. The number of carbonyl (C=O) groups is 3. The van der Waals surface area contributed by atoms with Gasteiger partial charge in [0, 0.05) is 12.5 Å². The van der Waals surface area contributed by atoms with E-state index >= 15 is 0 Å². The van der Waals surface area contributed by atoms with Gasteiger partial charge in [-0.05, 0) is 49.6 Å². The summed E-state index contributed by atoms with van der Waals surface area (Å²) in [6.45, 7) is 5.32. The van der Waals surface area contributed by atoms with Crippen LogP contribution in [0, 0.1) is 24.0 Å². The van der Waals surface area contributed by atoms with Crippen molar-refractivity contribution in [3.05, 3.63) is 57.1 Å². The molecule has 0 saturated carbocycles. The van der Waals surface area contributed by atoms with Crippen molar-refractivity contribution in [2.45, 2.75) is 32.7 Å². The van der Waals surface area contributed by atoms with Gasteiger partial charge in [0.15, 0.2) is 11.5 Å². The molecular weight excluding hydrogens is 444 g/mol. The molecule has 2 aromatic carbocycles. The third kappa shape index (κ3) is 4.00. The molecule has 0 spiro atoms. The van der Waals surface area contributed by atoms with E-state index in [0.29, 0.717) is 35.8 Å². The molecule has 4 rings (SSSR count). The molecule has 1 fully saturated rings. The summed E-state index contributed by atoms with van der Waals surface area (Å²) in [5.41, 5.74) is 0.0871. The third-order valence-corrected chi connectivity index (χ3v) is 6.08. The molecular formula is C23H24N4O7. The number of ether oxygens (including phenoxy) is 2. The van der Waals surface area contributed by atoms with Crippen LogP contribution < -0.4 is 20.1 Å². The first kappa shape index (κ1) is 23.0. The first-order chi connectivity index (χ1) is 16.1. The zero-order chi connectivity index (χ0) is 24.6. The van der Waals surface area contributed by atoms with Gasteiger partial charge in [0.1, 0.15) is 17.8 Å². The van der Waals surface area contributed by atoms with Gasteiger partial charge < -0.3 is 20.1 Å². The molecule has 4 amide bonds. The number of amides is 4. The quantitative estimate of drug-likeness (QED) is 0.391. The number of hydrogen-bond acceptors (Lipinski definition) is 7. The number of hydrogen-bond donors (Lipinski definition) is 2. The molecule has 2 heterocycles. The lowest BCUT2D eigenvalue weighted by Gasteiger charge is -2.23. The summed E-state index contributed by atoms with van der Waals surface area (Å²) in [5.74, 6) is -0.342. The highest BCUT2D eigenvalue weighted by Gasteiger charge is 2.50. The number of urea groups is 1. The molecule has 0 aliphatic carbocycles. The minimum absolute atomic E-state index is 0.0349. The van der Waals surface area contributed by atoms with E-state index in [1.54, 1.807) is 45.0 Å². The Morgan fingerprint density at radius 2 is 1.88 bits per heavy atom. The van der Waals surface area contributed by atoms with Gasteiger partial charge in [-0.2, -0.15) is 0 Å². The summed E-state index contributed by atoms with van der Waals surface area (Å²) >= 11 is 0. The molecule has 0 aromatic heterocycles. The lowest BCUT2D eigenvalue weighted by Crippen LogP contribution is -2.42. The van der Waals surface area contributed by atoms with Gasteiger partial charge in [-0.15, -0.1) is 0 Å². The van der Waals surface area contributed by atoms with Gasteiger partial charge in [0.25, 0.3) is 11.6 Å². The van der Waals surface area contributed by atoms with E-state index < -0.39 is 34.9 Å². The number of nitrogens with zero attached hydrogens (tertiary/aromatic N) is 2. The number of nitro groups is 1. The molecule has 1 atom stereocenters. The van der Waals surface area contributed by atoms with Gasteiger partial charge in [-0.25, -0.2) is 4.79 Å². The molecule has 34 heavy (non-hydrogen) atoms. The number of aryl methyl sites for hydroxylation is 1. The molecule has 1 saturated heterocycles. The van der Waals surface area contributed by atoms with E-state index in [2.05, 4.69) is 10.6 Å². The van der Waals surface area contributed by atoms with Crippen LogP contribution in [-0.2, 0) is 15.1 Å². The van der Waals surface area contributed by atoms with Crippen molar-refractivity contribution < 1.29 is 28.8 Å². The lowest BCUT2D eigenvalue weighted by molar-refractivity contribution is -0.384. The number of carbonyl (C=O) groups excluding carboxylic acids is 3. The number of anilines is 1. The predicted molar refractivity (Wildman–Crippen MR) is 121 cm³/mol. The minimum Gasteiger partial charge on any atom is -0.490 e. The second-order valence-electron chi connectivity index (χ2n) is 8.37. The summed E-state index contributed by atoms with van der Waals surface area (Å²) < 4.78 is 11.3. The highest BCUT2D eigenvalue weighted by Crippen LogP contribution is 2.37. The second-order valence-corrected chi connectivity index (χ2v) is 8.37. The summed E-state index contributed by atoms with van der Waals surface area (Å²) in [6.07, 6.45) is 0.721. The summed E-state index contributed by atoms with van der Waals surface area (Å²) in [5, 5.41) is 16.5. The van der Waals surface area contributed by atoms with Crippen LogP contribution in [0.3, 0.4) is 0 Å². The van der Waals surface area contributed by atoms with Gasteiger partial charge >= 0.3 is 6.03 Å². The number of benzene rings is 2. The van der Waals surface area contributed by atoms with E-state index in [0.717, 1.165) is 16.9 Å². The Balaban J connectivity index is 1.55. The lowest BCUT2D eigenvalue weighted by atomic mass is 9.91. The Kier molecular flexibility index (Phi) is 5.86. The minimum atomic E-state index is -1.42. The summed E-state index contributed by atoms with van der Waals surface area (Å²) in [6, 6.07) is 7.12. The Morgan fingerprint density at radius 3 is 2.59 bits per heavy atom. The van der Waals surface area contributed by atoms with E-state index in [4.69, 9.17) is 9.47 Å². The fourth-order valence-corrected chi connectivity index (χ4v) is 3.94. The standard InChI is InChI=1S/C23H24N4O7/c1-13-5-7-16(27(31)32)20(14(13)2)24-19(28)12-26-21(29)23(3,25-22(26)30)15-6-8-17-18(11-15)34-10-4-9-33-17/h5-8,11H,4,9-10,12H2,1-3H3,(H,24,28)(H,25,30). The van der Waals surface area contributed by atoms with Gasteiger partial charge in [-0.1, -0.05) is 12.1 Å². The van der Waals surface area contributed by atoms with Crippen LogP contribution in [0.1, 0.15) is 30.0 Å². The van der Waals surface area contributed by atoms with Crippen molar-refractivity contribution in [1.29, 1.82) is 0 Å². The average Bonchev–Trinajstić information content (AvgIpc) is 2.95. The second kappa shape index (κ2) is 8.65. The Morgan fingerprint density at radius 1 is 1.18 bits per heavy atom. The van der Waals surface area contributed by atoms with Crippen LogP contribution in [0.4, 0.5) is 16.2 Å². The van der Waals surface area contributed by atoms with Crippen molar-refractivity contribution in [3.8, 4) is 11.5 Å². The van der Waals surface area contributed by atoms with Crippen LogP contribution in [0.25, 0.3) is 0 Å². The van der Waals surface area contributed by atoms with Gasteiger partial charge in [0.05, 0.1) is 18.1 Å². The Bertz CT molecular complexity index is 1210. The molecule has 11 nitrogen and oxygen atoms in total. The summed E-state index contributed by atoms with van der Waals surface area (Å²) in [4.78, 5) is 50.2. The number of rotatable bonds is 5. The maximum Gasteiger partial charge on any atom is 0.325 e. The fourth-order valence-electron chi connectivity index (χ4n) is 3.94. The van der Waals surface area contributed by atoms with E-state index in [1.807, 2.05) is 0 Å².